The second-order valence-electron chi connectivity index (χ2n) is 5.80. The van der Waals surface area contributed by atoms with Gasteiger partial charge in [0.15, 0.2) is 0 Å². The Kier molecular flexibility index (Phi) is 5.42. The molecule has 1 heterocycles. The van der Waals surface area contributed by atoms with E-state index >= 15 is 0 Å². The highest BCUT2D eigenvalue weighted by atomic mass is 35.5. The van der Waals surface area contributed by atoms with E-state index in [1.165, 1.54) is 0 Å². The molecule has 1 aromatic carbocycles. The van der Waals surface area contributed by atoms with Crippen molar-refractivity contribution in [3.05, 3.63) is 34.9 Å². The van der Waals surface area contributed by atoms with Crippen LogP contribution in [-0.4, -0.2) is 43.0 Å². The lowest BCUT2D eigenvalue weighted by atomic mass is 9.90. The minimum Gasteiger partial charge on any atom is -0.378 e. The van der Waals surface area contributed by atoms with Crippen molar-refractivity contribution in [3.63, 3.8) is 0 Å². The molecule has 6 heteroatoms. The monoisotopic (exact) mass is 324 g/mol. The van der Waals surface area contributed by atoms with Gasteiger partial charge in [0.25, 0.3) is 0 Å². The van der Waals surface area contributed by atoms with Crippen LogP contribution in [0.3, 0.4) is 0 Å². The van der Waals surface area contributed by atoms with E-state index in [9.17, 15) is 9.59 Å². The number of rotatable bonds is 4. The van der Waals surface area contributed by atoms with E-state index in [0.717, 1.165) is 5.56 Å². The number of halogens is 1. The predicted molar refractivity (Wildman–Crippen MR) is 84.5 cm³/mol. The van der Waals surface area contributed by atoms with Crippen molar-refractivity contribution in [3.8, 4) is 0 Å². The van der Waals surface area contributed by atoms with E-state index in [1.54, 1.807) is 24.8 Å². The summed E-state index contributed by atoms with van der Waals surface area (Å²) in [5.41, 5.74) is -0.286. The maximum absolute atomic E-state index is 12.5. The molecule has 1 fully saturated rings. The van der Waals surface area contributed by atoms with Crippen LogP contribution in [0.15, 0.2) is 24.3 Å². The number of hydrogen-bond donors (Lipinski definition) is 1. The van der Waals surface area contributed by atoms with E-state index in [4.69, 9.17) is 16.3 Å². The first-order chi connectivity index (χ1) is 10.4. The molecule has 120 valence electrons. The SMILES string of the molecule is CC(C)(C(=O)NCc1ccccc1Cl)C(=O)N1CCOCC1. The number of morpholine rings is 1. The predicted octanol–water partition coefficient (Wildman–Crippen LogP) is 1.84. The van der Waals surface area contributed by atoms with Gasteiger partial charge in [0, 0.05) is 24.7 Å². The normalized spacial score (nSPS) is 15.5. The molecule has 0 saturated carbocycles. The van der Waals surface area contributed by atoms with Crippen molar-refractivity contribution in [1.29, 1.82) is 0 Å². The highest BCUT2D eigenvalue weighted by Gasteiger charge is 2.39. The lowest BCUT2D eigenvalue weighted by Crippen LogP contribution is -2.52. The summed E-state index contributed by atoms with van der Waals surface area (Å²) in [6.45, 7) is 5.68. The minimum absolute atomic E-state index is 0.174. The maximum Gasteiger partial charge on any atom is 0.237 e. The van der Waals surface area contributed by atoms with Gasteiger partial charge in [0.05, 0.1) is 13.2 Å². The number of hydrogen-bond acceptors (Lipinski definition) is 3. The fourth-order valence-electron chi connectivity index (χ4n) is 2.30. The van der Waals surface area contributed by atoms with Gasteiger partial charge in [-0.1, -0.05) is 29.8 Å². The Morgan fingerprint density at radius 2 is 1.91 bits per heavy atom. The van der Waals surface area contributed by atoms with Crippen LogP contribution in [0.5, 0.6) is 0 Å². The van der Waals surface area contributed by atoms with Gasteiger partial charge in [-0.15, -0.1) is 0 Å². The first-order valence-corrected chi connectivity index (χ1v) is 7.69. The third kappa shape index (κ3) is 3.78. The van der Waals surface area contributed by atoms with Crippen molar-refractivity contribution in [2.24, 2.45) is 5.41 Å². The summed E-state index contributed by atoms with van der Waals surface area (Å²) >= 11 is 6.07. The van der Waals surface area contributed by atoms with E-state index in [2.05, 4.69) is 5.32 Å². The van der Waals surface area contributed by atoms with Gasteiger partial charge in [-0.25, -0.2) is 0 Å². The van der Waals surface area contributed by atoms with Crippen LogP contribution in [0.1, 0.15) is 19.4 Å². The molecule has 2 rings (SSSR count). The average Bonchev–Trinajstić information content (AvgIpc) is 2.53. The third-order valence-corrected chi connectivity index (χ3v) is 4.17. The van der Waals surface area contributed by atoms with Crippen LogP contribution in [-0.2, 0) is 20.9 Å². The number of nitrogens with one attached hydrogen (secondary N) is 1. The highest BCUT2D eigenvalue weighted by Crippen LogP contribution is 2.21. The Labute approximate surface area is 135 Å². The average molecular weight is 325 g/mol. The van der Waals surface area contributed by atoms with Crippen LogP contribution < -0.4 is 5.32 Å². The summed E-state index contributed by atoms with van der Waals surface area (Å²) in [4.78, 5) is 26.6. The number of amides is 2. The summed E-state index contributed by atoms with van der Waals surface area (Å²) in [6, 6.07) is 7.31. The fraction of sp³-hybridized carbons (Fsp3) is 0.500. The summed E-state index contributed by atoms with van der Waals surface area (Å²) in [6.07, 6.45) is 0. The van der Waals surface area contributed by atoms with Crippen LogP contribution >= 0.6 is 11.6 Å². The van der Waals surface area contributed by atoms with Gasteiger partial charge in [-0.05, 0) is 25.5 Å². The second kappa shape index (κ2) is 7.11. The first kappa shape index (κ1) is 16.8. The summed E-state index contributed by atoms with van der Waals surface area (Å²) in [5, 5.41) is 3.40. The van der Waals surface area contributed by atoms with Crippen molar-refractivity contribution in [2.75, 3.05) is 26.3 Å². The molecule has 0 spiro atoms. The second-order valence-corrected chi connectivity index (χ2v) is 6.21. The van der Waals surface area contributed by atoms with E-state index in [0.29, 0.717) is 37.9 Å². The van der Waals surface area contributed by atoms with Gasteiger partial charge < -0.3 is 15.0 Å². The molecule has 1 saturated heterocycles. The fourth-order valence-corrected chi connectivity index (χ4v) is 2.50. The lowest BCUT2D eigenvalue weighted by Gasteiger charge is -2.33. The van der Waals surface area contributed by atoms with Crippen LogP contribution in [0.25, 0.3) is 0 Å². The molecule has 0 aliphatic carbocycles. The smallest absolute Gasteiger partial charge is 0.237 e. The van der Waals surface area contributed by atoms with Gasteiger partial charge in [-0.3, -0.25) is 9.59 Å². The first-order valence-electron chi connectivity index (χ1n) is 7.32. The number of nitrogens with zero attached hydrogens (tertiary/aromatic N) is 1. The van der Waals surface area contributed by atoms with Gasteiger partial charge in [0.1, 0.15) is 5.41 Å². The topological polar surface area (TPSA) is 58.6 Å². The Morgan fingerprint density at radius 1 is 1.27 bits per heavy atom. The Hall–Kier alpha value is -1.59. The molecule has 1 N–H and O–H groups in total. The molecule has 0 aromatic heterocycles. The molecule has 0 unspecified atom stereocenters. The van der Waals surface area contributed by atoms with E-state index < -0.39 is 5.41 Å². The standard InChI is InChI=1S/C16H21ClN2O3/c1-16(2,15(21)19-7-9-22-10-8-19)14(20)18-11-12-5-3-4-6-13(12)17/h3-6H,7-11H2,1-2H3,(H,18,20). The highest BCUT2D eigenvalue weighted by molar-refractivity contribution is 6.31. The van der Waals surface area contributed by atoms with Crippen LogP contribution in [0.4, 0.5) is 0 Å². The summed E-state index contributed by atoms with van der Waals surface area (Å²) in [7, 11) is 0. The van der Waals surface area contributed by atoms with Crippen LogP contribution in [0.2, 0.25) is 5.02 Å². The Bertz CT molecular complexity index is 554. The minimum atomic E-state index is -1.11. The van der Waals surface area contributed by atoms with Gasteiger partial charge >= 0.3 is 0 Å². The lowest BCUT2D eigenvalue weighted by molar-refractivity contribution is -0.151. The van der Waals surface area contributed by atoms with E-state index in [1.807, 2.05) is 18.2 Å². The van der Waals surface area contributed by atoms with Gasteiger partial charge in [0.2, 0.25) is 11.8 Å². The zero-order chi connectivity index (χ0) is 16.2. The Morgan fingerprint density at radius 3 is 2.55 bits per heavy atom. The molecule has 1 aliphatic heterocycles. The van der Waals surface area contributed by atoms with Crippen molar-refractivity contribution >= 4 is 23.4 Å². The molecule has 2 amide bonds. The molecular formula is C16H21ClN2O3. The summed E-state index contributed by atoms with van der Waals surface area (Å²) in [5.74, 6) is -0.476. The third-order valence-electron chi connectivity index (χ3n) is 3.80. The quantitative estimate of drug-likeness (QED) is 0.860. The zero-order valence-electron chi connectivity index (χ0n) is 12.9. The van der Waals surface area contributed by atoms with E-state index in [-0.39, 0.29) is 11.8 Å². The summed E-state index contributed by atoms with van der Waals surface area (Å²) < 4.78 is 5.23. The van der Waals surface area contributed by atoms with Crippen molar-refractivity contribution in [2.45, 2.75) is 20.4 Å². The van der Waals surface area contributed by atoms with Gasteiger partial charge in [-0.2, -0.15) is 0 Å². The molecule has 22 heavy (non-hydrogen) atoms. The number of ether oxygens (including phenoxy) is 1. The van der Waals surface area contributed by atoms with Crippen molar-refractivity contribution < 1.29 is 14.3 Å². The largest absolute Gasteiger partial charge is 0.378 e. The molecule has 0 radical (unpaired) electrons. The number of carbonyl (C=O) groups excluding carboxylic acids is 2. The molecule has 0 bridgehead atoms. The molecule has 1 aliphatic rings. The molecule has 0 atom stereocenters. The molecular weight excluding hydrogens is 304 g/mol. The van der Waals surface area contributed by atoms with Crippen molar-refractivity contribution in [1.82, 2.24) is 10.2 Å². The Balaban J connectivity index is 1.97. The molecule has 1 aromatic rings. The van der Waals surface area contributed by atoms with Crippen LogP contribution in [0, 0.1) is 5.41 Å². The maximum atomic E-state index is 12.5. The molecule has 5 nitrogen and oxygen atoms in total. The number of benzene rings is 1. The number of carbonyl (C=O) groups is 2. The zero-order valence-corrected chi connectivity index (χ0v) is 13.7.